The smallest absolute Gasteiger partial charge is 0.277 e. The molecule has 2 aliphatic heterocycles. The van der Waals surface area contributed by atoms with Gasteiger partial charge in [0.1, 0.15) is 0 Å². The molecular weight excluding hydrogens is 414 g/mol. The van der Waals surface area contributed by atoms with Crippen LogP contribution in [0.15, 0.2) is 41.2 Å². The second-order valence-corrected chi connectivity index (χ2v) is 9.65. The Morgan fingerprint density at radius 2 is 2.00 bits per heavy atom. The lowest BCUT2D eigenvalue weighted by atomic mass is 9.98. The SMILES string of the molecule is CC(C)N1CCc2nc3cc([C@H]4CCCCN4C(=O)CCc4ccccc4)[nH]n3c(=O)c2C1. The molecule has 33 heavy (non-hydrogen) atoms. The predicted molar refractivity (Wildman–Crippen MR) is 128 cm³/mol. The molecule has 1 N–H and O–H groups in total. The van der Waals surface area contributed by atoms with Crippen LogP contribution in [0.1, 0.15) is 68.1 Å². The minimum Gasteiger partial charge on any atom is -0.334 e. The molecule has 7 nitrogen and oxygen atoms in total. The summed E-state index contributed by atoms with van der Waals surface area (Å²) in [6.07, 6.45) is 5.04. The summed E-state index contributed by atoms with van der Waals surface area (Å²) in [6, 6.07) is 12.5. The first-order valence-electron chi connectivity index (χ1n) is 12.2. The van der Waals surface area contributed by atoms with Gasteiger partial charge < -0.3 is 4.90 Å². The molecule has 174 valence electrons. The number of amides is 1. The van der Waals surface area contributed by atoms with E-state index in [9.17, 15) is 9.59 Å². The van der Waals surface area contributed by atoms with Crippen molar-refractivity contribution in [3.8, 4) is 0 Å². The van der Waals surface area contributed by atoms with Gasteiger partial charge in [0.25, 0.3) is 5.56 Å². The number of aromatic nitrogens is 3. The molecule has 1 amide bonds. The van der Waals surface area contributed by atoms with Crippen LogP contribution in [-0.4, -0.2) is 49.4 Å². The summed E-state index contributed by atoms with van der Waals surface area (Å²) in [6.45, 7) is 6.65. The van der Waals surface area contributed by atoms with Crippen molar-refractivity contribution < 1.29 is 4.79 Å². The van der Waals surface area contributed by atoms with Crippen LogP contribution in [0.4, 0.5) is 0 Å². The van der Waals surface area contributed by atoms with E-state index in [0.29, 0.717) is 24.7 Å². The lowest BCUT2D eigenvalue weighted by molar-refractivity contribution is -0.135. The Morgan fingerprint density at radius 3 is 2.79 bits per heavy atom. The van der Waals surface area contributed by atoms with Gasteiger partial charge in [0.15, 0.2) is 5.65 Å². The molecule has 3 aromatic rings. The van der Waals surface area contributed by atoms with Crippen LogP contribution in [0.2, 0.25) is 0 Å². The summed E-state index contributed by atoms with van der Waals surface area (Å²) in [7, 11) is 0. The quantitative estimate of drug-likeness (QED) is 0.650. The summed E-state index contributed by atoms with van der Waals surface area (Å²) >= 11 is 0. The number of likely N-dealkylation sites (tertiary alicyclic amines) is 1. The molecule has 2 aliphatic rings. The molecule has 0 aliphatic carbocycles. The lowest BCUT2D eigenvalue weighted by Crippen LogP contribution is -2.40. The Bertz CT molecular complexity index is 1200. The molecule has 1 aromatic carbocycles. The summed E-state index contributed by atoms with van der Waals surface area (Å²) in [5.74, 6) is 0.175. The summed E-state index contributed by atoms with van der Waals surface area (Å²) < 4.78 is 1.58. The number of carbonyl (C=O) groups excluding carboxylic acids is 1. The van der Waals surface area contributed by atoms with E-state index in [4.69, 9.17) is 4.98 Å². The maximum atomic E-state index is 13.3. The van der Waals surface area contributed by atoms with Gasteiger partial charge in [-0.1, -0.05) is 30.3 Å². The third kappa shape index (κ3) is 4.34. The van der Waals surface area contributed by atoms with Crippen LogP contribution in [0.3, 0.4) is 0 Å². The molecule has 0 unspecified atom stereocenters. The van der Waals surface area contributed by atoms with E-state index in [-0.39, 0.29) is 17.5 Å². The molecule has 4 heterocycles. The average Bonchev–Trinajstić information content (AvgIpc) is 3.27. The molecule has 1 fully saturated rings. The van der Waals surface area contributed by atoms with Crippen molar-refractivity contribution in [1.82, 2.24) is 24.4 Å². The number of H-pyrrole nitrogens is 1. The van der Waals surface area contributed by atoms with Gasteiger partial charge in [0.2, 0.25) is 5.91 Å². The first kappa shape index (κ1) is 21.9. The Morgan fingerprint density at radius 1 is 1.18 bits per heavy atom. The van der Waals surface area contributed by atoms with Gasteiger partial charge in [-0.3, -0.25) is 19.6 Å². The molecule has 5 rings (SSSR count). The van der Waals surface area contributed by atoms with Crippen molar-refractivity contribution in [3.05, 3.63) is 69.3 Å². The van der Waals surface area contributed by atoms with Crippen molar-refractivity contribution in [3.63, 3.8) is 0 Å². The van der Waals surface area contributed by atoms with Gasteiger partial charge in [-0.05, 0) is 45.1 Å². The van der Waals surface area contributed by atoms with E-state index in [0.717, 1.165) is 62.1 Å². The molecule has 0 bridgehead atoms. The number of nitrogens with one attached hydrogen (secondary N) is 1. The first-order chi connectivity index (χ1) is 16.0. The van der Waals surface area contributed by atoms with Crippen molar-refractivity contribution in [2.45, 2.75) is 71.0 Å². The predicted octanol–water partition coefficient (Wildman–Crippen LogP) is 3.48. The van der Waals surface area contributed by atoms with Gasteiger partial charge in [-0.15, -0.1) is 0 Å². The fourth-order valence-electron chi connectivity index (χ4n) is 5.23. The number of piperidine rings is 1. The second kappa shape index (κ2) is 9.14. The fourth-order valence-corrected chi connectivity index (χ4v) is 5.23. The molecule has 0 spiro atoms. The fraction of sp³-hybridized carbons (Fsp3) is 0.500. The van der Waals surface area contributed by atoms with Crippen LogP contribution in [-0.2, 0) is 24.2 Å². The molecule has 7 heteroatoms. The molecule has 2 aromatic heterocycles. The number of nitrogens with zero attached hydrogens (tertiary/aromatic N) is 4. The minimum absolute atomic E-state index is 0.00985. The molecule has 1 saturated heterocycles. The molecule has 0 radical (unpaired) electrons. The van der Waals surface area contributed by atoms with Crippen LogP contribution in [0.25, 0.3) is 5.65 Å². The number of aromatic amines is 1. The molecular formula is C26H33N5O2. The van der Waals surface area contributed by atoms with E-state index in [1.807, 2.05) is 29.2 Å². The van der Waals surface area contributed by atoms with Crippen LogP contribution in [0.5, 0.6) is 0 Å². The highest BCUT2D eigenvalue weighted by atomic mass is 16.2. The maximum Gasteiger partial charge on any atom is 0.277 e. The number of benzene rings is 1. The van der Waals surface area contributed by atoms with Crippen molar-refractivity contribution in [1.29, 1.82) is 0 Å². The van der Waals surface area contributed by atoms with Gasteiger partial charge in [0, 0.05) is 44.6 Å². The van der Waals surface area contributed by atoms with E-state index in [1.54, 1.807) is 4.52 Å². The lowest BCUT2D eigenvalue weighted by Gasteiger charge is -2.35. The highest BCUT2D eigenvalue weighted by Gasteiger charge is 2.30. The van der Waals surface area contributed by atoms with E-state index >= 15 is 0 Å². The first-order valence-corrected chi connectivity index (χ1v) is 12.2. The van der Waals surface area contributed by atoms with Crippen molar-refractivity contribution in [2.75, 3.05) is 13.1 Å². The Hall–Kier alpha value is -2.93. The highest BCUT2D eigenvalue weighted by Crippen LogP contribution is 2.31. The Kier molecular flexibility index (Phi) is 6.06. The molecule has 0 saturated carbocycles. The topological polar surface area (TPSA) is 73.7 Å². The van der Waals surface area contributed by atoms with Gasteiger partial charge >= 0.3 is 0 Å². The monoisotopic (exact) mass is 447 g/mol. The number of fused-ring (bicyclic) bond motifs is 2. The highest BCUT2D eigenvalue weighted by molar-refractivity contribution is 5.77. The maximum absolute atomic E-state index is 13.3. The Labute approximate surface area is 194 Å². The zero-order valence-electron chi connectivity index (χ0n) is 19.6. The summed E-state index contributed by atoms with van der Waals surface area (Å²) in [5, 5.41) is 3.32. The van der Waals surface area contributed by atoms with Gasteiger partial charge in [-0.25, -0.2) is 9.50 Å². The van der Waals surface area contributed by atoms with Crippen LogP contribution >= 0.6 is 0 Å². The number of rotatable bonds is 5. The third-order valence-corrected chi connectivity index (χ3v) is 7.19. The average molecular weight is 448 g/mol. The standard InChI is InChI=1S/C26H33N5O2/c1-18(2)29-15-13-21-20(17-29)26(33)31-24(27-21)16-22(28-31)23-10-6-7-14-30(23)25(32)12-11-19-8-4-3-5-9-19/h3-5,8-9,16,18,23,28H,6-7,10-15,17H2,1-2H3/t23-/m1/s1. The number of hydrogen-bond acceptors (Lipinski definition) is 4. The minimum atomic E-state index is -0.0349. The third-order valence-electron chi connectivity index (χ3n) is 7.19. The van der Waals surface area contributed by atoms with Crippen LogP contribution < -0.4 is 5.56 Å². The second-order valence-electron chi connectivity index (χ2n) is 9.65. The van der Waals surface area contributed by atoms with Gasteiger partial charge in [-0.2, -0.15) is 0 Å². The summed E-state index contributed by atoms with van der Waals surface area (Å²) in [5.41, 5.74) is 4.46. The van der Waals surface area contributed by atoms with Crippen LogP contribution in [0, 0.1) is 0 Å². The van der Waals surface area contributed by atoms with E-state index < -0.39 is 0 Å². The number of hydrogen-bond donors (Lipinski definition) is 1. The Balaban J connectivity index is 1.40. The van der Waals surface area contributed by atoms with E-state index in [2.05, 4.69) is 36.0 Å². The zero-order valence-corrected chi connectivity index (χ0v) is 19.6. The van der Waals surface area contributed by atoms with E-state index in [1.165, 1.54) is 5.56 Å². The number of aryl methyl sites for hydroxylation is 1. The van der Waals surface area contributed by atoms with Gasteiger partial charge in [0.05, 0.1) is 23.0 Å². The zero-order chi connectivity index (χ0) is 22.9. The van der Waals surface area contributed by atoms with Crippen molar-refractivity contribution in [2.24, 2.45) is 0 Å². The largest absolute Gasteiger partial charge is 0.334 e. The van der Waals surface area contributed by atoms with Crippen molar-refractivity contribution >= 4 is 11.6 Å². The summed E-state index contributed by atoms with van der Waals surface area (Å²) in [4.78, 5) is 35.6. The number of carbonyl (C=O) groups is 1. The molecule has 1 atom stereocenters. The normalized spacial score (nSPS) is 19.2.